The van der Waals surface area contributed by atoms with E-state index in [1.54, 1.807) is 19.1 Å². The Labute approximate surface area is 167 Å². The molecule has 0 amide bonds. The molecule has 0 saturated heterocycles. The number of hydrogen-bond donors (Lipinski definition) is 0. The van der Waals surface area contributed by atoms with Crippen molar-refractivity contribution in [3.63, 3.8) is 0 Å². The van der Waals surface area contributed by atoms with Crippen LogP contribution in [0.1, 0.15) is 28.4 Å². The highest BCUT2D eigenvalue weighted by Gasteiger charge is 2.09. The van der Waals surface area contributed by atoms with Crippen LogP contribution >= 0.6 is 12.4 Å². The molecule has 3 aromatic rings. The smallest absolute Gasteiger partial charge is 0.159 e. The Kier molecular flexibility index (Phi) is 7.44. The average molecular weight is 382 g/mol. The van der Waals surface area contributed by atoms with Crippen molar-refractivity contribution in [3.05, 3.63) is 95.6 Å². The summed E-state index contributed by atoms with van der Waals surface area (Å²) in [5.41, 5.74) is 4.18. The van der Waals surface area contributed by atoms with Crippen LogP contribution in [0.3, 0.4) is 0 Å². The van der Waals surface area contributed by atoms with Gasteiger partial charge >= 0.3 is 0 Å². The molecule has 3 aromatic carbocycles. The summed E-state index contributed by atoms with van der Waals surface area (Å²) in [4.78, 5) is 13.7. The number of rotatable bonds is 7. The van der Waals surface area contributed by atoms with Gasteiger partial charge in [-0.05, 0) is 30.7 Å². The predicted molar refractivity (Wildman–Crippen MR) is 113 cm³/mol. The molecule has 0 aromatic heterocycles. The number of ether oxygens (including phenoxy) is 1. The van der Waals surface area contributed by atoms with Gasteiger partial charge in [-0.2, -0.15) is 0 Å². The molecule has 140 valence electrons. The second-order valence-corrected chi connectivity index (χ2v) is 6.34. The first-order valence-corrected chi connectivity index (χ1v) is 8.70. The molecule has 0 radical (unpaired) electrons. The maximum Gasteiger partial charge on any atom is 0.159 e. The van der Waals surface area contributed by atoms with Gasteiger partial charge in [-0.15, -0.1) is 12.4 Å². The predicted octanol–water partition coefficient (Wildman–Crippen LogP) is 5.53. The minimum absolute atomic E-state index is 0. The highest BCUT2D eigenvalue weighted by Crippen LogP contribution is 2.23. The van der Waals surface area contributed by atoms with E-state index in [2.05, 4.69) is 48.3 Å². The number of carbonyl (C=O) groups is 1. The number of carbonyl (C=O) groups excluding carboxylic acids is 1. The van der Waals surface area contributed by atoms with E-state index in [1.807, 2.05) is 30.3 Å². The van der Waals surface area contributed by atoms with Gasteiger partial charge in [0.25, 0.3) is 0 Å². The largest absolute Gasteiger partial charge is 0.489 e. The van der Waals surface area contributed by atoms with E-state index in [-0.39, 0.29) is 18.2 Å². The van der Waals surface area contributed by atoms with Gasteiger partial charge in [-0.25, -0.2) is 0 Å². The van der Waals surface area contributed by atoms with Gasteiger partial charge < -0.3 is 9.64 Å². The Morgan fingerprint density at radius 1 is 0.926 bits per heavy atom. The van der Waals surface area contributed by atoms with Crippen molar-refractivity contribution >= 4 is 23.9 Å². The SMILES string of the molecule is CC(=O)c1cccc(OCc2ccccc2N(C)Cc2ccccc2)c1.Cl. The Morgan fingerprint density at radius 3 is 2.37 bits per heavy atom. The number of benzene rings is 3. The van der Waals surface area contributed by atoms with Crippen molar-refractivity contribution in [3.8, 4) is 5.75 Å². The number of halogens is 1. The summed E-state index contributed by atoms with van der Waals surface area (Å²) in [5, 5.41) is 0. The van der Waals surface area contributed by atoms with Gasteiger partial charge in [0.05, 0.1) is 0 Å². The van der Waals surface area contributed by atoms with Gasteiger partial charge in [0, 0.05) is 30.4 Å². The monoisotopic (exact) mass is 381 g/mol. The molecular formula is C23H24ClNO2. The van der Waals surface area contributed by atoms with Gasteiger partial charge in [-0.1, -0.05) is 60.7 Å². The number of para-hydroxylation sites is 1. The molecule has 0 unspecified atom stereocenters. The van der Waals surface area contributed by atoms with Crippen LogP contribution in [0, 0.1) is 0 Å². The maximum atomic E-state index is 11.5. The van der Waals surface area contributed by atoms with Crippen molar-refractivity contribution in [1.29, 1.82) is 0 Å². The van der Waals surface area contributed by atoms with Crippen LogP contribution in [0.25, 0.3) is 0 Å². The molecule has 3 nitrogen and oxygen atoms in total. The van der Waals surface area contributed by atoms with Crippen molar-refractivity contribution in [2.24, 2.45) is 0 Å². The fourth-order valence-electron chi connectivity index (χ4n) is 2.91. The Balaban J connectivity index is 0.00000261. The summed E-state index contributed by atoms with van der Waals surface area (Å²) >= 11 is 0. The van der Waals surface area contributed by atoms with Crippen LogP contribution in [0.5, 0.6) is 5.75 Å². The molecular weight excluding hydrogens is 358 g/mol. The van der Waals surface area contributed by atoms with Gasteiger partial charge in [0.1, 0.15) is 12.4 Å². The van der Waals surface area contributed by atoms with Crippen LogP contribution in [-0.2, 0) is 13.2 Å². The highest BCUT2D eigenvalue weighted by atomic mass is 35.5. The lowest BCUT2D eigenvalue weighted by atomic mass is 10.1. The van der Waals surface area contributed by atoms with Crippen molar-refractivity contribution in [2.75, 3.05) is 11.9 Å². The Hall–Kier alpha value is -2.78. The van der Waals surface area contributed by atoms with Crippen LogP contribution in [0.2, 0.25) is 0 Å². The highest BCUT2D eigenvalue weighted by molar-refractivity contribution is 5.94. The zero-order chi connectivity index (χ0) is 18.4. The van der Waals surface area contributed by atoms with Crippen LogP contribution < -0.4 is 9.64 Å². The van der Waals surface area contributed by atoms with E-state index >= 15 is 0 Å². The quantitative estimate of drug-likeness (QED) is 0.504. The second kappa shape index (κ2) is 9.79. The fraction of sp³-hybridized carbons (Fsp3) is 0.174. The maximum absolute atomic E-state index is 11.5. The lowest BCUT2D eigenvalue weighted by Crippen LogP contribution is -2.18. The first-order valence-electron chi connectivity index (χ1n) is 8.70. The average Bonchev–Trinajstić information content (AvgIpc) is 2.67. The number of ketones is 1. The van der Waals surface area contributed by atoms with E-state index in [9.17, 15) is 4.79 Å². The van der Waals surface area contributed by atoms with Gasteiger partial charge in [0.15, 0.2) is 5.78 Å². The summed E-state index contributed by atoms with van der Waals surface area (Å²) in [6.45, 7) is 2.85. The molecule has 0 heterocycles. The third-order valence-electron chi connectivity index (χ3n) is 4.30. The third-order valence-corrected chi connectivity index (χ3v) is 4.30. The number of nitrogens with zero attached hydrogens (tertiary/aromatic N) is 1. The molecule has 0 fully saturated rings. The lowest BCUT2D eigenvalue weighted by molar-refractivity contribution is 0.101. The summed E-state index contributed by atoms with van der Waals surface area (Å²) in [6, 6.07) is 25.9. The zero-order valence-electron chi connectivity index (χ0n) is 15.6. The molecule has 0 aliphatic rings. The van der Waals surface area contributed by atoms with Crippen LogP contribution in [0.4, 0.5) is 5.69 Å². The van der Waals surface area contributed by atoms with Crippen LogP contribution in [0.15, 0.2) is 78.9 Å². The molecule has 0 N–H and O–H groups in total. The topological polar surface area (TPSA) is 29.5 Å². The van der Waals surface area contributed by atoms with Gasteiger partial charge in [0.2, 0.25) is 0 Å². The molecule has 0 saturated carbocycles. The van der Waals surface area contributed by atoms with E-state index in [0.29, 0.717) is 17.9 Å². The number of hydrogen-bond acceptors (Lipinski definition) is 3. The molecule has 0 spiro atoms. The van der Waals surface area contributed by atoms with Crippen LogP contribution in [-0.4, -0.2) is 12.8 Å². The molecule has 0 aliphatic carbocycles. The second-order valence-electron chi connectivity index (χ2n) is 6.34. The van der Waals surface area contributed by atoms with E-state index in [1.165, 1.54) is 5.56 Å². The zero-order valence-corrected chi connectivity index (χ0v) is 16.4. The summed E-state index contributed by atoms with van der Waals surface area (Å²) in [6.07, 6.45) is 0. The number of Topliss-reactive ketones (excluding diaryl/α,β-unsaturated/α-hetero) is 1. The molecule has 0 aliphatic heterocycles. The van der Waals surface area contributed by atoms with E-state index in [4.69, 9.17) is 4.74 Å². The third kappa shape index (κ3) is 5.60. The standard InChI is InChI=1S/C23H23NO2.ClH/c1-18(25)20-12-8-13-22(15-20)26-17-21-11-6-7-14-23(21)24(2)16-19-9-4-3-5-10-19;/h3-15H,16-17H2,1-2H3;1H. The molecule has 0 atom stereocenters. The molecule has 3 rings (SSSR count). The fourth-order valence-corrected chi connectivity index (χ4v) is 2.91. The molecule has 4 heteroatoms. The Morgan fingerprint density at radius 2 is 1.63 bits per heavy atom. The minimum Gasteiger partial charge on any atom is -0.489 e. The molecule has 27 heavy (non-hydrogen) atoms. The summed E-state index contributed by atoms with van der Waals surface area (Å²) in [5.74, 6) is 0.747. The van der Waals surface area contributed by atoms with Gasteiger partial charge in [-0.3, -0.25) is 4.79 Å². The van der Waals surface area contributed by atoms with E-state index in [0.717, 1.165) is 17.8 Å². The van der Waals surface area contributed by atoms with Crippen molar-refractivity contribution in [1.82, 2.24) is 0 Å². The van der Waals surface area contributed by atoms with E-state index < -0.39 is 0 Å². The first-order chi connectivity index (χ1) is 12.6. The number of anilines is 1. The minimum atomic E-state index is 0. The first kappa shape index (κ1) is 20.5. The van der Waals surface area contributed by atoms with Crippen molar-refractivity contribution in [2.45, 2.75) is 20.1 Å². The summed E-state index contributed by atoms with van der Waals surface area (Å²) in [7, 11) is 2.09. The van der Waals surface area contributed by atoms with Crippen molar-refractivity contribution < 1.29 is 9.53 Å². The summed E-state index contributed by atoms with van der Waals surface area (Å²) < 4.78 is 5.95. The normalized spacial score (nSPS) is 10.0. The Bertz CT molecular complexity index is 880. The lowest BCUT2D eigenvalue weighted by Gasteiger charge is -2.23. The molecule has 0 bridgehead atoms.